The van der Waals surface area contributed by atoms with Crippen molar-refractivity contribution >= 4 is 22.6 Å². The lowest BCUT2D eigenvalue weighted by Gasteiger charge is -2.20. The zero-order valence-electron chi connectivity index (χ0n) is 11.9. The third kappa shape index (κ3) is 2.27. The summed E-state index contributed by atoms with van der Waals surface area (Å²) in [6.07, 6.45) is 0.499. The molecule has 1 atom stereocenters. The van der Waals surface area contributed by atoms with Crippen molar-refractivity contribution in [1.82, 2.24) is 4.90 Å². The SMILES string of the molecule is CC1(C(=O)O)CCN(C(=O)c2cccc3ccccc23)C1. The van der Waals surface area contributed by atoms with Crippen molar-refractivity contribution in [2.75, 3.05) is 13.1 Å². The third-order valence-corrected chi connectivity index (χ3v) is 4.30. The molecule has 2 aromatic carbocycles. The number of fused-ring (bicyclic) bond motifs is 1. The second kappa shape index (κ2) is 4.88. The van der Waals surface area contributed by atoms with Gasteiger partial charge in [-0.05, 0) is 30.2 Å². The van der Waals surface area contributed by atoms with Crippen molar-refractivity contribution in [3.63, 3.8) is 0 Å². The average Bonchev–Trinajstić information content (AvgIpc) is 2.90. The van der Waals surface area contributed by atoms with Crippen LogP contribution in [0.15, 0.2) is 42.5 Å². The fourth-order valence-corrected chi connectivity index (χ4v) is 2.89. The van der Waals surface area contributed by atoms with Crippen LogP contribution in [0.1, 0.15) is 23.7 Å². The maximum absolute atomic E-state index is 12.7. The number of aliphatic carboxylic acids is 1. The van der Waals surface area contributed by atoms with Gasteiger partial charge in [-0.2, -0.15) is 0 Å². The van der Waals surface area contributed by atoms with Gasteiger partial charge in [-0.1, -0.05) is 36.4 Å². The van der Waals surface area contributed by atoms with Crippen LogP contribution >= 0.6 is 0 Å². The number of benzene rings is 2. The van der Waals surface area contributed by atoms with Gasteiger partial charge >= 0.3 is 5.97 Å². The topological polar surface area (TPSA) is 57.6 Å². The molecule has 0 saturated carbocycles. The number of nitrogens with zero attached hydrogens (tertiary/aromatic N) is 1. The second-order valence-corrected chi connectivity index (χ2v) is 5.87. The molecule has 4 heteroatoms. The Morgan fingerprint density at radius 3 is 2.57 bits per heavy atom. The van der Waals surface area contributed by atoms with E-state index in [9.17, 15) is 14.7 Å². The number of hydrogen-bond acceptors (Lipinski definition) is 2. The second-order valence-electron chi connectivity index (χ2n) is 5.87. The first-order valence-corrected chi connectivity index (χ1v) is 7.02. The number of hydrogen-bond donors (Lipinski definition) is 1. The van der Waals surface area contributed by atoms with Crippen LogP contribution in [0.25, 0.3) is 10.8 Å². The molecule has 4 nitrogen and oxygen atoms in total. The summed E-state index contributed by atoms with van der Waals surface area (Å²) < 4.78 is 0. The zero-order valence-corrected chi connectivity index (χ0v) is 11.9. The summed E-state index contributed by atoms with van der Waals surface area (Å²) in [6.45, 7) is 2.46. The molecule has 21 heavy (non-hydrogen) atoms. The van der Waals surface area contributed by atoms with E-state index in [0.29, 0.717) is 18.5 Å². The van der Waals surface area contributed by atoms with E-state index < -0.39 is 11.4 Å². The van der Waals surface area contributed by atoms with E-state index in [2.05, 4.69) is 0 Å². The minimum absolute atomic E-state index is 0.0863. The number of carboxylic acids is 1. The summed E-state index contributed by atoms with van der Waals surface area (Å²) >= 11 is 0. The molecule has 1 fully saturated rings. The van der Waals surface area contributed by atoms with Crippen LogP contribution in [0.5, 0.6) is 0 Å². The summed E-state index contributed by atoms with van der Waals surface area (Å²) in [5, 5.41) is 11.2. The lowest BCUT2D eigenvalue weighted by molar-refractivity contribution is -0.147. The van der Waals surface area contributed by atoms with Crippen LogP contribution in [0.2, 0.25) is 0 Å². The Labute approximate surface area is 123 Å². The summed E-state index contributed by atoms with van der Waals surface area (Å²) in [4.78, 5) is 25.7. The van der Waals surface area contributed by atoms with Gasteiger partial charge in [-0.15, -0.1) is 0 Å². The van der Waals surface area contributed by atoms with E-state index in [-0.39, 0.29) is 12.5 Å². The first-order chi connectivity index (χ1) is 10.0. The lowest BCUT2D eigenvalue weighted by atomic mass is 9.90. The molecule has 1 amide bonds. The third-order valence-electron chi connectivity index (χ3n) is 4.30. The van der Waals surface area contributed by atoms with Crippen LogP contribution in [0.4, 0.5) is 0 Å². The average molecular weight is 283 g/mol. The summed E-state index contributed by atoms with van der Waals surface area (Å²) in [5.41, 5.74) is -0.192. The van der Waals surface area contributed by atoms with Crippen molar-refractivity contribution in [2.24, 2.45) is 5.41 Å². The monoisotopic (exact) mass is 283 g/mol. The Morgan fingerprint density at radius 1 is 1.14 bits per heavy atom. The summed E-state index contributed by atoms with van der Waals surface area (Å²) in [5.74, 6) is -0.924. The van der Waals surface area contributed by atoms with Gasteiger partial charge in [-0.3, -0.25) is 9.59 Å². The normalized spacial score (nSPS) is 21.7. The molecule has 1 heterocycles. The van der Waals surface area contributed by atoms with Crippen LogP contribution < -0.4 is 0 Å². The van der Waals surface area contributed by atoms with Crippen LogP contribution in [-0.4, -0.2) is 35.0 Å². The summed E-state index contributed by atoms with van der Waals surface area (Å²) in [7, 11) is 0. The van der Waals surface area contributed by atoms with E-state index in [1.165, 1.54) is 0 Å². The molecule has 1 N–H and O–H groups in total. The van der Waals surface area contributed by atoms with E-state index in [1.54, 1.807) is 17.9 Å². The van der Waals surface area contributed by atoms with Gasteiger partial charge in [0.1, 0.15) is 0 Å². The minimum Gasteiger partial charge on any atom is -0.481 e. The highest BCUT2D eigenvalue weighted by atomic mass is 16.4. The highest BCUT2D eigenvalue weighted by molar-refractivity contribution is 6.07. The Bertz CT molecular complexity index is 720. The van der Waals surface area contributed by atoms with Gasteiger partial charge in [0.2, 0.25) is 0 Å². The molecule has 1 aliphatic heterocycles. The first-order valence-electron chi connectivity index (χ1n) is 7.02. The maximum atomic E-state index is 12.7. The van der Waals surface area contributed by atoms with E-state index in [4.69, 9.17) is 0 Å². The van der Waals surface area contributed by atoms with Crippen molar-refractivity contribution in [1.29, 1.82) is 0 Å². The van der Waals surface area contributed by atoms with Gasteiger partial charge < -0.3 is 10.0 Å². The number of rotatable bonds is 2. The standard InChI is InChI=1S/C17H17NO3/c1-17(16(20)21)9-10-18(11-17)15(19)14-8-4-6-12-5-2-3-7-13(12)14/h2-8H,9-11H2,1H3,(H,20,21). The number of amides is 1. The van der Waals surface area contributed by atoms with E-state index in [1.807, 2.05) is 36.4 Å². The maximum Gasteiger partial charge on any atom is 0.311 e. The molecule has 0 radical (unpaired) electrons. The fraction of sp³-hybridized carbons (Fsp3) is 0.294. The molecule has 108 valence electrons. The van der Waals surface area contributed by atoms with Gasteiger partial charge in [0, 0.05) is 18.7 Å². The van der Waals surface area contributed by atoms with Gasteiger partial charge in [0.25, 0.3) is 5.91 Å². The predicted octanol–water partition coefficient (Wildman–Crippen LogP) is 2.78. The molecular weight excluding hydrogens is 266 g/mol. The predicted molar refractivity (Wildman–Crippen MR) is 80.2 cm³/mol. The smallest absolute Gasteiger partial charge is 0.311 e. The highest BCUT2D eigenvalue weighted by Gasteiger charge is 2.42. The molecule has 0 bridgehead atoms. The number of carbonyl (C=O) groups excluding carboxylic acids is 1. The molecular formula is C17H17NO3. The molecule has 1 aliphatic rings. The van der Waals surface area contributed by atoms with E-state index >= 15 is 0 Å². The Balaban J connectivity index is 1.94. The molecule has 0 aliphatic carbocycles. The van der Waals surface area contributed by atoms with Crippen molar-refractivity contribution in [2.45, 2.75) is 13.3 Å². The molecule has 2 aromatic rings. The summed E-state index contributed by atoms with van der Waals surface area (Å²) in [6, 6.07) is 13.4. The molecule has 0 aromatic heterocycles. The Morgan fingerprint density at radius 2 is 1.86 bits per heavy atom. The Hall–Kier alpha value is -2.36. The zero-order chi connectivity index (χ0) is 15.0. The first kappa shape index (κ1) is 13.6. The molecule has 0 spiro atoms. The van der Waals surface area contributed by atoms with Crippen LogP contribution in [-0.2, 0) is 4.79 Å². The lowest BCUT2D eigenvalue weighted by Crippen LogP contribution is -2.34. The van der Waals surface area contributed by atoms with Gasteiger partial charge in [-0.25, -0.2) is 0 Å². The number of carboxylic acid groups (broad SMARTS) is 1. The quantitative estimate of drug-likeness (QED) is 0.922. The Kier molecular flexibility index (Phi) is 3.16. The highest BCUT2D eigenvalue weighted by Crippen LogP contribution is 2.32. The minimum atomic E-state index is -0.837. The van der Waals surface area contributed by atoms with Crippen molar-refractivity contribution in [3.05, 3.63) is 48.0 Å². The molecule has 1 unspecified atom stereocenters. The largest absolute Gasteiger partial charge is 0.481 e. The number of likely N-dealkylation sites (tertiary alicyclic amines) is 1. The molecule has 3 rings (SSSR count). The van der Waals surface area contributed by atoms with E-state index in [0.717, 1.165) is 10.8 Å². The van der Waals surface area contributed by atoms with Crippen LogP contribution in [0.3, 0.4) is 0 Å². The number of carbonyl (C=O) groups is 2. The molecule has 1 saturated heterocycles. The van der Waals surface area contributed by atoms with Gasteiger partial charge in [0.15, 0.2) is 0 Å². The van der Waals surface area contributed by atoms with Gasteiger partial charge in [0.05, 0.1) is 5.41 Å². The fourth-order valence-electron chi connectivity index (χ4n) is 2.89. The van der Waals surface area contributed by atoms with Crippen LogP contribution in [0, 0.1) is 5.41 Å². The van der Waals surface area contributed by atoms with Crippen molar-refractivity contribution < 1.29 is 14.7 Å². The van der Waals surface area contributed by atoms with Crippen molar-refractivity contribution in [3.8, 4) is 0 Å².